The number of benzene rings is 9. The minimum absolute atomic E-state index is 0.146. The molecule has 1 aromatic heterocycles. The summed E-state index contributed by atoms with van der Waals surface area (Å²) >= 11 is 0. The first-order valence-corrected chi connectivity index (χ1v) is 26.0. The molecule has 9 aromatic carbocycles. The summed E-state index contributed by atoms with van der Waals surface area (Å²) in [7, 11) is 0. The summed E-state index contributed by atoms with van der Waals surface area (Å²) in [4.78, 5) is 2.58. The van der Waals surface area contributed by atoms with Crippen LogP contribution in [0.2, 0.25) is 0 Å². The van der Waals surface area contributed by atoms with E-state index in [1.54, 1.807) is 11.1 Å². The highest BCUT2D eigenvalue weighted by Gasteiger charge is 2.90. The lowest BCUT2D eigenvalue weighted by atomic mass is 9.11. The van der Waals surface area contributed by atoms with Crippen molar-refractivity contribution < 1.29 is 4.42 Å². The van der Waals surface area contributed by atoms with E-state index in [4.69, 9.17) is 4.42 Å². The van der Waals surface area contributed by atoms with E-state index in [0.29, 0.717) is 11.3 Å². The van der Waals surface area contributed by atoms with Gasteiger partial charge in [0.25, 0.3) is 0 Å². The van der Waals surface area contributed by atoms with Crippen LogP contribution in [0.5, 0.6) is 0 Å². The van der Waals surface area contributed by atoms with Gasteiger partial charge in [-0.15, -0.1) is 0 Å². The third kappa shape index (κ3) is 4.97. The van der Waals surface area contributed by atoms with Gasteiger partial charge >= 0.3 is 0 Å². The highest BCUT2D eigenvalue weighted by molar-refractivity contribution is 6.10. The van der Waals surface area contributed by atoms with Gasteiger partial charge in [-0.3, -0.25) is 0 Å². The monoisotopic (exact) mass is 887 g/mol. The molecule has 4 atom stereocenters. The van der Waals surface area contributed by atoms with Crippen molar-refractivity contribution in [1.29, 1.82) is 0 Å². The molecule has 0 amide bonds. The Bertz CT molecular complexity index is 3740. The van der Waals surface area contributed by atoms with Crippen molar-refractivity contribution in [2.45, 2.75) is 62.7 Å². The van der Waals surface area contributed by atoms with Crippen molar-refractivity contribution in [3.05, 3.63) is 211 Å². The summed E-state index contributed by atoms with van der Waals surface area (Å²) < 4.78 is 6.69. The normalized spacial score (nSPS) is 24.7. The molecule has 0 radical (unpaired) electrons. The van der Waals surface area contributed by atoms with E-state index in [1.807, 2.05) is 0 Å². The van der Waals surface area contributed by atoms with E-state index in [1.165, 1.54) is 112 Å². The standard InChI is InChI=1S/C67H53NO/c1-2-16-41(17-3-1)49-26-13-18-42-19-14-28-55(64(42)49)53-24-6-10-32-60(53)68(47-21-12-20-43(36-47)50-27-15-29-56-54-25-7-11-33-61(54)69-65(50)56)59-31-9-5-22-48(59)44-34-35-52-51-23-4-8-30-57(51)67(58(52)37-44)62-39-45-38-46-40-63(67)66(45,46)62/h4-15,18-37,41,45-46,62-63H,1-3,16-17,38-40H2. The van der Waals surface area contributed by atoms with Gasteiger partial charge in [0.05, 0.1) is 11.4 Å². The van der Waals surface area contributed by atoms with Crippen LogP contribution < -0.4 is 4.90 Å². The van der Waals surface area contributed by atoms with Crippen LogP contribution in [0, 0.1) is 29.1 Å². The summed E-state index contributed by atoms with van der Waals surface area (Å²) in [5.74, 6) is 4.08. The van der Waals surface area contributed by atoms with E-state index in [-0.39, 0.29) is 5.41 Å². The molecule has 2 spiro atoms. The average Bonchev–Trinajstić information content (AvgIpc) is 3.92. The van der Waals surface area contributed by atoms with E-state index in [0.717, 1.165) is 62.4 Å². The van der Waals surface area contributed by atoms with E-state index in [2.05, 4.69) is 199 Å². The molecule has 1 heterocycles. The predicted octanol–water partition coefficient (Wildman–Crippen LogP) is 18.2. The van der Waals surface area contributed by atoms with Crippen molar-refractivity contribution in [1.82, 2.24) is 0 Å². The zero-order valence-electron chi connectivity index (χ0n) is 38.9. The molecule has 0 aliphatic heterocycles. The average molecular weight is 888 g/mol. The zero-order chi connectivity index (χ0) is 45.0. The number of hydrogen-bond donors (Lipinski definition) is 0. The molecule has 6 aliphatic rings. The molecule has 2 heteroatoms. The first kappa shape index (κ1) is 38.8. The molecule has 0 saturated heterocycles. The molecule has 5 saturated carbocycles. The first-order valence-electron chi connectivity index (χ1n) is 26.0. The smallest absolute Gasteiger partial charge is 0.143 e. The van der Waals surface area contributed by atoms with Crippen LogP contribution in [0.25, 0.3) is 77.2 Å². The van der Waals surface area contributed by atoms with Gasteiger partial charge in [0.2, 0.25) is 0 Å². The van der Waals surface area contributed by atoms with Crippen LogP contribution in [-0.2, 0) is 5.41 Å². The lowest BCUT2D eigenvalue weighted by Gasteiger charge is -2.92. The minimum Gasteiger partial charge on any atom is -0.455 e. The fraction of sp³-hybridized carbons (Fsp3) is 0.224. The fourth-order valence-corrected chi connectivity index (χ4v) is 16.5. The van der Waals surface area contributed by atoms with Gasteiger partial charge in [0.1, 0.15) is 11.2 Å². The van der Waals surface area contributed by atoms with Gasteiger partial charge in [-0.05, 0) is 159 Å². The van der Waals surface area contributed by atoms with E-state index in [9.17, 15) is 0 Å². The van der Waals surface area contributed by atoms with E-state index >= 15 is 0 Å². The number of furan rings is 1. The molecule has 6 aliphatic carbocycles. The summed E-state index contributed by atoms with van der Waals surface area (Å²) in [5, 5.41) is 5.02. The second-order valence-electron chi connectivity index (χ2n) is 21.7. The summed E-state index contributed by atoms with van der Waals surface area (Å²) in [5.41, 5.74) is 21.1. The summed E-state index contributed by atoms with van der Waals surface area (Å²) in [6.45, 7) is 0. The maximum absolute atomic E-state index is 6.69. The third-order valence-corrected chi connectivity index (χ3v) is 19.2. The number of nitrogens with zero attached hydrogens (tertiary/aromatic N) is 1. The molecule has 10 aromatic rings. The molecule has 69 heavy (non-hydrogen) atoms. The first-order chi connectivity index (χ1) is 34.2. The number of hydrogen-bond acceptors (Lipinski definition) is 2. The molecular weight excluding hydrogens is 835 g/mol. The summed E-state index contributed by atoms with van der Waals surface area (Å²) in [6, 6.07) is 73.8. The van der Waals surface area contributed by atoms with Gasteiger partial charge < -0.3 is 9.32 Å². The van der Waals surface area contributed by atoms with Crippen LogP contribution in [0.3, 0.4) is 0 Å². The Hall–Kier alpha value is -7.16. The van der Waals surface area contributed by atoms with E-state index < -0.39 is 0 Å². The van der Waals surface area contributed by atoms with Crippen molar-refractivity contribution in [3.8, 4) is 44.5 Å². The molecule has 16 rings (SSSR count). The van der Waals surface area contributed by atoms with Crippen LogP contribution in [-0.4, -0.2) is 0 Å². The Kier molecular flexibility index (Phi) is 7.98. The lowest BCUT2D eigenvalue weighted by Crippen LogP contribution is -2.88. The second kappa shape index (κ2) is 14.2. The van der Waals surface area contributed by atoms with Gasteiger partial charge in [0.15, 0.2) is 0 Å². The van der Waals surface area contributed by atoms with Gasteiger partial charge in [0, 0.05) is 38.6 Å². The van der Waals surface area contributed by atoms with Crippen LogP contribution >= 0.6 is 0 Å². The lowest BCUT2D eigenvalue weighted by molar-refractivity contribution is -0.412. The van der Waals surface area contributed by atoms with Gasteiger partial charge in [-0.1, -0.05) is 177 Å². The highest BCUT2D eigenvalue weighted by atomic mass is 16.3. The zero-order valence-corrected chi connectivity index (χ0v) is 38.9. The maximum Gasteiger partial charge on any atom is 0.143 e. The Labute approximate surface area is 404 Å². The predicted molar refractivity (Wildman–Crippen MR) is 285 cm³/mol. The molecule has 0 N–H and O–H groups in total. The Morgan fingerprint density at radius 2 is 1.09 bits per heavy atom. The second-order valence-corrected chi connectivity index (χ2v) is 21.7. The summed E-state index contributed by atoms with van der Waals surface area (Å²) in [6.07, 6.45) is 10.8. The fourth-order valence-electron chi connectivity index (χ4n) is 16.5. The molecule has 5 fully saturated rings. The molecule has 4 unspecified atom stereocenters. The van der Waals surface area contributed by atoms with Gasteiger partial charge in [-0.2, -0.15) is 0 Å². The third-order valence-electron chi connectivity index (χ3n) is 19.2. The van der Waals surface area contributed by atoms with Crippen molar-refractivity contribution >= 4 is 49.8 Å². The Balaban J connectivity index is 0.911. The highest BCUT2D eigenvalue weighted by Crippen LogP contribution is 2.94. The quantitative estimate of drug-likeness (QED) is 0.159. The minimum atomic E-state index is 0.146. The van der Waals surface area contributed by atoms with Crippen molar-refractivity contribution in [2.75, 3.05) is 4.90 Å². The van der Waals surface area contributed by atoms with Crippen molar-refractivity contribution in [2.24, 2.45) is 29.1 Å². The number of fused-ring (bicyclic) bond motifs is 11. The SMILES string of the molecule is c1cc(-c2cccc3c2oc2ccccc23)cc(N(c2ccccc2-c2ccc3c(c2)C2(c4ccccc4-3)C3CC4CC5CC2C453)c2ccccc2-c2cccc3cccc(C4CCCCC4)c23)c1. The number of rotatable bonds is 7. The molecule has 332 valence electrons. The number of anilines is 3. The van der Waals surface area contributed by atoms with Crippen LogP contribution in [0.4, 0.5) is 17.1 Å². The van der Waals surface area contributed by atoms with Crippen LogP contribution in [0.15, 0.2) is 199 Å². The maximum atomic E-state index is 6.69. The molecule has 2 nitrogen and oxygen atoms in total. The Morgan fingerprint density at radius 1 is 0.449 bits per heavy atom. The molecule has 0 bridgehead atoms. The van der Waals surface area contributed by atoms with Crippen molar-refractivity contribution in [3.63, 3.8) is 0 Å². The Morgan fingerprint density at radius 3 is 1.93 bits per heavy atom. The largest absolute Gasteiger partial charge is 0.455 e. The van der Waals surface area contributed by atoms with Gasteiger partial charge in [-0.25, -0.2) is 0 Å². The van der Waals surface area contributed by atoms with Crippen LogP contribution in [0.1, 0.15) is 74.0 Å². The topological polar surface area (TPSA) is 16.4 Å². The number of para-hydroxylation sites is 4. The molecular formula is C67H53NO.